The number of pyridine rings is 1. The maximum absolute atomic E-state index is 17.3. The van der Waals surface area contributed by atoms with Crippen molar-refractivity contribution in [2.45, 2.75) is 89.1 Å². The van der Waals surface area contributed by atoms with E-state index in [4.69, 9.17) is 19.3 Å². The van der Waals surface area contributed by atoms with Crippen molar-refractivity contribution in [3.63, 3.8) is 0 Å². The molecule has 250 valence electrons. The molecule has 13 heteroatoms. The highest BCUT2D eigenvalue weighted by Crippen LogP contribution is 2.48. The summed E-state index contributed by atoms with van der Waals surface area (Å²) in [6.07, 6.45) is 2.45. The van der Waals surface area contributed by atoms with Gasteiger partial charge in [0.25, 0.3) is 0 Å². The van der Waals surface area contributed by atoms with Crippen molar-refractivity contribution in [2.24, 2.45) is 5.92 Å². The van der Waals surface area contributed by atoms with Crippen molar-refractivity contribution in [1.29, 1.82) is 5.26 Å². The fourth-order valence-electron chi connectivity index (χ4n) is 7.62. The first-order chi connectivity index (χ1) is 22.2. The summed E-state index contributed by atoms with van der Waals surface area (Å²) in [4.78, 5) is 29.1. The summed E-state index contributed by atoms with van der Waals surface area (Å²) in [6.45, 7) is 10.2. The van der Waals surface area contributed by atoms with Gasteiger partial charge in [0, 0.05) is 75.9 Å². The van der Waals surface area contributed by atoms with E-state index in [1.165, 1.54) is 0 Å². The number of rotatable bonds is 9. The average Bonchev–Trinajstić information content (AvgIpc) is 3.73. The Kier molecular flexibility index (Phi) is 7.82. The van der Waals surface area contributed by atoms with Gasteiger partial charge < -0.3 is 33.9 Å². The molecule has 1 N–H and O–H groups in total. The number of likely N-dealkylation sites (N-methyl/N-ethyl adjacent to an activating group) is 1. The minimum atomic E-state index is -0.939. The number of hydrogen-bond acceptors (Lipinski definition) is 9. The third-order valence-electron chi connectivity index (χ3n) is 11.4. The molecular weight excluding hydrogens is 598 g/mol. The molecular formula is C34H46BFN8O3. The van der Waals surface area contributed by atoms with E-state index in [2.05, 4.69) is 39.8 Å². The summed E-state index contributed by atoms with van der Waals surface area (Å²) < 4.78 is 32.4. The molecule has 1 saturated carbocycles. The van der Waals surface area contributed by atoms with Crippen LogP contribution in [0.4, 0.5) is 10.2 Å². The topological polar surface area (TPSA) is 112 Å². The highest BCUT2D eigenvalue weighted by Gasteiger charge is 2.54. The summed E-state index contributed by atoms with van der Waals surface area (Å²) >= 11 is 0. The van der Waals surface area contributed by atoms with E-state index in [-0.39, 0.29) is 23.9 Å². The van der Waals surface area contributed by atoms with Crippen LogP contribution in [-0.4, -0.2) is 108 Å². The molecule has 0 radical (unpaired) electrons. The Hall–Kier alpha value is -3.31. The van der Waals surface area contributed by atoms with Crippen molar-refractivity contribution in [1.82, 2.24) is 29.7 Å². The van der Waals surface area contributed by atoms with Gasteiger partial charge in [-0.1, -0.05) is 0 Å². The molecule has 8 rings (SSSR count). The number of imidazole rings is 1. The Balaban J connectivity index is 1.48. The van der Waals surface area contributed by atoms with Crippen LogP contribution in [0.5, 0.6) is 0 Å². The van der Waals surface area contributed by atoms with Gasteiger partial charge in [-0.25, -0.2) is 14.4 Å². The second-order valence-electron chi connectivity index (χ2n) is 15.2. The van der Waals surface area contributed by atoms with Crippen LogP contribution < -0.4 is 15.7 Å². The molecule has 11 nitrogen and oxygen atoms in total. The van der Waals surface area contributed by atoms with E-state index in [1.807, 2.05) is 33.8 Å². The van der Waals surface area contributed by atoms with Crippen LogP contribution in [0.2, 0.25) is 0 Å². The number of carbonyl (C=O) groups is 1. The second kappa shape index (κ2) is 11.4. The monoisotopic (exact) mass is 644 g/mol. The van der Waals surface area contributed by atoms with Crippen LogP contribution >= 0.6 is 0 Å². The quantitative estimate of drug-likeness (QED) is 0.352. The van der Waals surface area contributed by atoms with Gasteiger partial charge in [-0.3, -0.25) is 4.79 Å². The standard InChI is InChI=1S/C34H46BFN8O3/c1-33(2)34(3,4)47-35(46-33)26-19(10-9-13-37)14-22-28(27(26)36)40-32(43-17-21(18-43)41(5)6)29-31(22)44(30-20-15-23(30)38-16-20)24(39-29)11-12-25(45)42(7)8/h14,20-21,23,30,38H,9-12,15-18H2,1-8H3. The van der Waals surface area contributed by atoms with Crippen molar-refractivity contribution < 1.29 is 18.5 Å². The van der Waals surface area contributed by atoms with Gasteiger partial charge >= 0.3 is 7.12 Å². The fourth-order valence-corrected chi connectivity index (χ4v) is 7.62. The zero-order valence-electron chi connectivity index (χ0n) is 28.9. The summed E-state index contributed by atoms with van der Waals surface area (Å²) in [7, 11) is 6.73. The number of halogens is 1. The van der Waals surface area contributed by atoms with Gasteiger partial charge in [-0.15, -0.1) is 0 Å². The largest absolute Gasteiger partial charge is 0.498 e. The zero-order valence-corrected chi connectivity index (χ0v) is 28.9. The number of nitriles is 1. The molecule has 1 aromatic carbocycles. The predicted molar refractivity (Wildman–Crippen MR) is 180 cm³/mol. The number of amides is 1. The maximum atomic E-state index is 17.3. The van der Waals surface area contributed by atoms with Gasteiger partial charge in [0.2, 0.25) is 5.91 Å². The molecule has 2 bridgehead atoms. The van der Waals surface area contributed by atoms with Crippen molar-refractivity contribution in [3.8, 4) is 6.07 Å². The van der Waals surface area contributed by atoms with Crippen molar-refractivity contribution in [3.05, 3.63) is 23.3 Å². The molecule has 5 fully saturated rings. The first-order valence-corrected chi connectivity index (χ1v) is 16.9. The van der Waals surface area contributed by atoms with Gasteiger partial charge in [-0.05, 0) is 72.2 Å². The molecule has 3 atom stereocenters. The van der Waals surface area contributed by atoms with E-state index < -0.39 is 24.1 Å². The van der Waals surface area contributed by atoms with E-state index in [9.17, 15) is 10.1 Å². The lowest BCUT2D eigenvalue weighted by atomic mass is 9.73. The lowest BCUT2D eigenvalue weighted by Gasteiger charge is -2.43. The Morgan fingerprint density at radius 2 is 1.83 bits per heavy atom. The Labute approximate surface area is 276 Å². The van der Waals surface area contributed by atoms with E-state index in [0.29, 0.717) is 59.5 Å². The molecule has 47 heavy (non-hydrogen) atoms. The number of fused-ring (bicyclic) bond motifs is 4. The Bertz CT molecular complexity index is 1760. The second-order valence-corrected chi connectivity index (χ2v) is 15.2. The van der Waals surface area contributed by atoms with Crippen molar-refractivity contribution in [2.75, 3.05) is 52.7 Å². The Morgan fingerprint density at radius 1 is 1.13 bits per heavy atom. The van der Waals surface area contributed by atoms with Gasteiger partial charge in [0.05, 0.1) is 28.8 Å². The summed E-state index contributed by atoms with van der Waals surface area (Å²) in [5.74, 6) is 1.48. The zero-order chi connectivity index (χ0) is 33.6. The molecule has 3 aromatic rings. The first-order valence-electron chi connectivity index (χ1n) is 16.9. The molecule has 4 saturated heterocycles. The molecule has 1 aliphatic carbocycles. The number of hydrogen-bond donors (Lipinski definition) is 1. The number of carbonyl (C=O) groups excluding carboxylic acids is 1. The van der Waals surface area contributed by atoms with Gasteiger partial charge in [0.1, 0.15) is 22.7 Å². The smallest absolute Gasteiger partial charge is 0.399 e. The summed E-state index contributed by atoms with van der Waals surface area (Å²) in [5, 5.41) is 13.9. The van der Waals surface area contributed by atoms with Crippen LogP contribution in [0, 0.1) is 23.1 Å². The number of nitrogens with one attached hydrogen (secondary N) is 1. The fraction of sp³-hybridized carbons (Fsp3) is 0.647. The highest BCUT2D eigenvalue weighted by molar-refractivity contribution is 6.63. The Morgan fingerprint density at radius 3 is 2.40 bits per heavy atom. The number of nitrogens with zero attached hydrogens (tertiary/aromatic N) is 7. The third-order valence-corrected chi connectivity index (χ3v) is 11.4. The van der Waals surface area contributed by atoms with Crippen molar-refractivity contribution >= 4 is 46.2 Å². The number of aromatic nitrogens is 3. The molecule has 1 amide bonds. The maximum Gasteiger partial charge on any atom is 0.498 e. The molecule has 0 spiro atoms. The molecule has 2 aromatic heterocycles. The van der Waals surface area contributed by atoms with Gasteiger partial charge in [0.15, 0.2) is 5.82 Å². The SMILES string of the molecule is CN(C)C(=O)CCc1nc2c(N3CC(N(C)C)C3)nc3c(F)c(B4OC(C)(C)C(C)(C)O4)c(CCC#N)cc3c2n1C1C2CNC1C2. The molecule has 5 aliphatic rings. The van der Waals surface area contributed by atoms with E-state index in [1.54, 1.807) is 19.0 Å². The summed E-state index contributed by atoms with van der Waals surface area (Å²) in [6, 6.07) is 5.04. The number of anilines is 1. The van der Waals surface area contributed by atoms with E-state index >= 15 is 4.39 Å². The lowest BCUT2D eigenvalue weighted by molar-refractivity contribution is -0.128. The summed E-state index contributed by atoms with van der Waals surface area (Å²) in [5.41, 5.74) is 1.50. The average molecular weight is 645 g/mol. The van der Waals surface area contributed by atoms with Crippen LogP contribution in [0.25, 0.3) is 21.9 Å². The molecule has 6 heterocycles. The van der Waals surface area contributed by atoms with Gasteiger partial charge in [-0.2, -0.15) is 5.26 Å². The first kappa shape index (κ1) is 32.3. The lowest BCUT2D eigenvalue weighted by Crippen LogP contribution is -2.57. The van der Waals surface area contributed by atoms with Crippen LogP contribution in [0.15, 0.2) is 6.07 Å². The third kappa shape index (κ3) is 5.10. The highest BCUT2D eigenvalue weighted by atomic mass is 19.1. The van der Waals surface area contributed by atoms with E-state index in [0.717, 1.165) is 42.9 Å². The molecule has 3 unspecified atom stereocenters. The number of benzene rings is 1. The normalized spacial score (nSPS) is 24.7. The van der Waals surface area contributed by atoms with Crippen LogP contribution in [0.1, 0.15) is 64.4 Å². The molecule has 4 aliphatic heterocycles. The predicted octanol–water partition coefficient (Wildman–Crippen LogP) is 2.78. The van der Waals surface area contributed by atoms with Crippen LogP contribution in [-0.2, 0) is 26.9 Å². The number of aryl methyl sites for hydroxylation is 2. The minimum absolute atomic E-state index is 0.0370. The van der Waals surface area contributed by atoms with Crippen LogP contribution in [0.3, 0.4) is 0 Å². The minimum Gasteiger partial charge on any atom is -0.399 e.